The minimum atomic E-state index is -1.02. The Labute approximate surface area is 125 Å². The normalized spacial score (nSPS) is 25.4. The molecule has 0 spiro atoms. The molecule has 2 N–H and O–H groups in total. The first-order valence-corrected chi connectivity index (χ1v) is 7.61. The lowest BCUT2D eigenvalue weighted by Gasteiger charge is -2.25. The Balaban J connectivity index is 1.72. The van der Waals surface area contributed by atoms with Crippen molar-refractivity contribution < 1.29 is 19.0 Å². The highest BCUT2D eigenvalue weighted by Crippen LogP contribution is 2.27. The number of halogens is 1. The lowest BCUT2D eigenvalue weighted by Crippen LogP contribution is -2.47. The summed E-state index contributed by atoms with van der Waals surface area (Å²) in [7, 11) is 0. The zero-order chi connectivity index (χ0) is 15.0. The average molecular weight is 309 g/mol. The van der Waals surface area contributed by atoms with Gasteiger partial charge in [0.25, 0.3) is 5.91 Å². The topological polar surface area (TPSA) is 58.6 Å². The third-order valence-electron chi connectivity index (χ3n) is 3.92. The number of rotatable bonds is 3. The number of carbonyl (C=O) groups is 1. The van der Waals surface area contributed by atoms with E-state index in [9.17, 15) is 14.3 Å². The molecule has 1 aromatic heterocycles. The van der Waals surface area contributed by atoms with Crippen molar-refractivity contribution in [2.75, 3.05) is 13.2 Å². The van der Waals surface area contributed by atoms with E-state index in [0.29, 0.717) is 17.9 Å². The molecule has 112 valence electrons. The molecule has 1 saturated heterocycles. The van der Waals surface area contributed by atoms with Gasteiger partial charge in [-0.2, -0.15) is 0 Å². The van der Waals surface area contributed by atoms with E-state index >= 15 is 0 Å². The van der Waals surface area contributed by atoms with Crippen molar-refractivity contribution in [3.63, 3.8) is 0 Å². The van der Waals surface area contributed by atoms with Gasteiger partial charge < -0.3 is 15.2 Å². The Bertz CT molecular complexity index is 687. The van der Waals surface area contributed by atoms with E-state index < -0.39 is 5.60 Å². The van der Waals surface area contributed by atoms with Crippen LogP contribution in [0.5, 0.6) is 0 Å². The summed E-state index contributed by atoms with van der Waals surface area (Å²) < 4.78 is 19.2. The second-order valence-corrected chi connectivity index (χ2v) is 6.43. The maximum Gasteiger partial charge on any atom is 0.261 e. The summed E-state index contributed by atoms with van der Waals surface area (Å²) in [4.78, 5) is 12.7. The minimum absolute atomic E-state index is 0.148. The van der Waals surface area contributed by atoms with E-state index in [0.717, 1.165) is 10.1 Å². The number of fused-ring (bicyclic) bond motifs is 1. The third kappa shape index (κ3) is 2.79. The van der Waals surface area contributed by atoms with Crippen molar-refractivity contribution >= 4 is 27.3 Å². The van der Waals surface area contributed by atoms with Crippen LogP contribution in [0.3, 0.4) is 0 Å². The van der Waals surface area contributed by atoms with Gasteiger partial charge in [0.1, 0.15) is 11.4 Å². The molecular weight excluding hydrogens is 293 g/mol. The van der Waals surface area contributed by atoms with E-state index in [-0.39, 0.29) is 24.4 Å². The lowest BCUT2D eigenvalue weighted by atomic mass is 9.97. The van der Waals surface area contributed by atoms with Crippen LogP contribution in [0.4, 0.5) is 4.39 Å². The van der Waals surface area contributed by atoms with E-state index in [1.807, 2.05) is 0 Å². The van der Waals surface area contributed by atoms with Crippen LogP contribution in [0.1, 0.15) is 23.0 Å². The van der Waals surface area contributed by atoms with Gasteiger partial charge in [0.15, 0.2) is 0 Å². The number of hydrogen-bond donors (Lipinski definition) is 2. The fourth-order valence-electron chi connectivity index (χ4n) is 2.44. The summed E-state index contributed by atoms with van der Waals surface area (Å²) in [6.45, 7) is 2.44. The molecule has 6 heteroatoms. The predicted molar refractivity (Wildman–Crippen MR) is 79.1 cm³/mol. The molecule has 0 aliphatic carbocycles. The molecule has 0 bridgehead atoms. The standard InChI is InChI=1S/C15H16FNO3S/c1-9-15(19,4-5-20-9)8-17-14(18)13-6-10-2-3-11(16)7-12(10)21-13/h2-3,6-7,9,19H,4-5,8H2,1H3,(H,17,18). The third-order valence-corrected chi connectivity index (χ3v) is 5.02. The monoisotopic (exact) mass is 309 g/mol. The van der Waals surface area contributed by atoms with Crippen LogP contribution in [0, 0.1) is 5.82 Å². The minimum Gasteiger partial charge on any atom is -0.385 e. The molecule has 1 amide bonds. The SMILES string of the molecule is CC1OCCC1(O)CNC(=O)c1cc2ccc(F)cc2s1. The lowest BCUT2D eigenvalue weighted by molar-refractivity contribution is -0.0251. The molecule has 4 nitrogen and oxygen atoms in total. The number of amides is 1. The maximum atomic E-state index is 13.2. The molecule has 1 aliphatic rings. The van der Waals surface area contributed by atoms with Crippen LogP contribution < -0.4 is 5.32 Å². The highest BCUT2D eigenvalue weighted by molar-refractivity contribution is 7.20. The largest absolute Gasteiger partial charge is 0.385 e. The Morgan fingerprint density at radius 3 is 3.10 bits per heavy atom. The van der Waals surface area contributed by atoms with Crippen molar-refractivity contribution in [1.29, 1.82) is 0 Å². The molecule has 2 atom stereocenters. The number of hydrogen-bond acceptors (Lipinski definition) is 4. The van der Waals surface area contributed by atoms with E-state index in [1.165, 1.54) is 23.5 Å². The molecule has 1 aromatic carbocycles. The van der Waals surface area contributed by atoms with Gasteiger partial charge in [0, 0.05) is 24.3 Å². The van der Waals surface area contributed by atoms with Gasteiger partial charge in [0.2, 0.25) is 0 Å². The quantitative estimate of drug-likeness (QED) is 0.915. The number of benzene rings is 1. The number of thiophene rings is 1. The van der Waals surface area contributed by atoms with Crippen molar-refractivity contribution in [2.45, 2.75) is 25.0 Å². The van der Waals surface area contributed by atoms with Crippen molar-refractivity contribution in [3.8, 4) is 0 Å². The van der Waals surface area contributed by atoms with Crippen LogP contribution in [0.15, 0.2) is 24.3 Å². The zero-order valence-electron chi connectivity index (χ0n) is 11.6. The Hall–Kier alpha value is -1.50. The van der Waals surface area contributed by atoms with Gasteiger partial charge >= 0.3 is 0 Å². The van der Waals surface area contributed by atoms with Gasteiger partial charge in [-0.25, -0.2) is 4.39 Å². The van der Waals surface area contributed by atoms with Crippen LogP contribution >= 0.6 is 11.3 Å². The zero-order valence-corrected chi connectivity index (χ0v) is 12.4. The second-order valence-electron chi connectivity index (χ2n) is 5.34. The molecule has 2 aromatic rings. The summed E-state index contributed by atoms with van der Waals surface area (Å²) in [5.41, 5.74) is -1.02. The highest BCUT2D eigenvalue weighted by atomic mass is 32.1. The Morgan fingerprint density at radius 1 is 1.57 bits per heavy atom. The molecular formula is C15H16FNO3S. The second kappa shape index (κ2) is 5.36. The van der Waals surface area contributed by atoms with Crippen molar-refractivity contribution in [3.05, 3.63) is 35.0 Å². The van der Waals surface area contributed by atoms with Gasteiger partial charge in [-0.1, -0.05) is 6.07 Å². The van der Waals surface area contributed by atoms with E-state index in [2.05, 4.69) is 5.32 Å². The number of nitrogens with one attached hydrogen (secondary N) is 1. The van der Waals surface area contributed by atoms with E-state index in [1.54, 1.807) is 19.1 Å². The summed E-state index contributed by atoms with van der Waals surface area (Å²) in [5.74, 6) is -0.577. The van der Waals surface area contributed by atoms with Crippen LogP contribution in [0.25, 0.3) is 10.1 Å². The maximum absolute atomic E-state index is 13.2. The van der Waals surface area contributed by atoms with Crippen molar-refractivity contribution in [2.24, 2.45) is 0 Å². The van der Waals surface area contributed by atoms with Crippen molar-refractivity contribution in [1.82, 2.24) is 5.32 Å². The molecule has 21 heavy (non-hydrogen) atoms. The molecule has 0 saturated carbocycles. The molecule has 0 radical (unpaired) electrons. The average Bonchev–Trinajstić information content (AvgIpc) is 3.01. The summed E-state index contributed by atoms with van der Waals surface area (Å²) >= 11 is 1.24. The van der Waals surface area contributed by atoms with Gasteiger partial charge in [-0.05, 0) is 30.5 Å². The highest BCUT2D eigenvalue weighted by Gasteiger charge is 2.39. The summed E-state index contributed by atoms with van der Waals surface area (Å²) in [6.07, 6.45) is 0.209. The molecule has 1 aliphatic heterocycles. The Morgan fingerprint density at radius 2 is 2.38 bits per heavy atom. The van der Waals surface area contributed by atoms with Gasteiger partial charge in [0.05, 0.1) is 11.0 Å². The first-order chi connectivity index (χ1) is 9.98. The predicted octanol–water partition coefficient (Wildman–Crippen LogP) is 2.31. The van der Waals surface area contributed by atoms with Crippen LogP contribution in [0.2, 0.25) is 0 Å². The van der Waals surface area contributed by atoms with Gasteiger partial charge in [-0.3, -0.25) is 4.79 Å². The summed E-state index contributed by atoms with van der Waals surface area (Å²) in [6, 6.07) is 6.17. The first-order valence-electron chi connectivity index (χ1n) is 6.79. The fourth-order valence-corrected chi connectivity index (χ4v) is 3.44. The summed E-state index contributed by atoms with van der Waals surface area (Å²) in [5, 5.41) is 13.9. The molecule has 2 heterocycles. The van der Waals surface area contributed by atoms with Gasteiger partial charge in [-0.15, -0.1) is 11.3 Å². The number of carbonyl (C=O) groups excluding carboxylic acids is 1. The van der Waals surface area contributed by atoms with Crippen LogP contribution in [-0.2, 0) is 4.74 Å². The first kappa shape index (κ1) is 14.4. The number of ether oxygens (including phenoxy) is 1. The van der Waals surface area contributed by atoms with E-state index in [4.69, 9.17) is 4.74 Å². The fraction of sp³-hybridized carbons (Fsp3) is 0.400. The van der Waals surface area contributed by atoms with Crippen LogP contribution in [-0.4, -0.2) is 35.9 Å². The molecule has 2 unspecified atom stereocenters. The molecule has 3 rings (SSSR count). The smallest absolute Gasteiger partial charge is 0.261 e. The number of aliphatic hydroxyl groups is 1. The molecule has 1 fully saturated rings. The Kier molecular flexibility index (Phi) is 3.69.